The molecule has 0 saturated carbocycles. The number of nitrogens with one attached hydrogen (secondary N) is 1. The van der Waals surface area contributed by atoms with E-state index < -0.39 is 23.8 Å². The average molecular weight is 345 g/mol. The van der Waals surface area contributed by atoms with Crippen LogP contribution < -0.4 is 10.1 Å². The summed E-state index contributed by atoms with van der Waals surface area (Å²) in [4.78, 5) is 34.9. The zero-order chi connectivity index (χ0) is 17.7. The van der Waals surface area contributed by atoms with Crippen LogP contribution in [0.3, 0.4) is 0 Å². The lowest BCUT2D eigenvalue weighted by Crippen LogP contribution is -2.19. The number of thiol groups is 1. The summed E-state index contributed by atoms with van der Waals surface area (Å²) in [5.41, 5.74) is 0.753. The highest BCUT2D eigenvalue weighted by Crippen LogP contribution is 2.23. The van der Waals surface area contributed by atoms with E-state index in [0.29, 0.717) is 21.9 Å². The molecule has 1 amide bonds. The molecule has 0 radical (unpaired) electrons. The van der Waals surface area contributed by atoms with Gasteiger partial charge in [-0.2, -0.15) is 0 Å². The Morgan fingerprint density at radius 3 is 2.25 bits per heavy atom. The predicted molar refractivity (Wildman–Crippen MR) is 90.8 cm³/mol. The number of anilines is 1. The second-order valence-electron chi connectivity index (χ2n) is 4.99. The summed E-state index contributed by atoms with van der Waals surface area (Å²) in [7, 11) is 0. The highest BCUT2D eigenvalue weighted by molar-refractivity contribution is 7.80. The van der Waals surface area contributed by atoms with Gasteiger partial charge in [0, 0.05) is 10.6 Å². The summed E-state index contributed by atoms with van der Waals surface area (Å²) < 4.78 is 5.13. The fourth-order valence-electron chi connectivity index (χ4n) is 2.10. The maximum absolute atomic E-state index is 11.9. The Bertz CT molecular complexity index is 759. The van der Waals surface area contributed by atoms with Gasteiger partial charge in [0.15, 0.2) is 0 Å². The molecule has 1 atom stereocenters. The second-order valence-corrected chi connectivity index (χ2v) is 5.47. The number of amides is 1. The standard InChI is InChI=1S/C17H15NO5S/c1-10(19)15(16(20)21)11-6-8-12(9-7-11)18-17(22)23-13-4-2-3-5-14(13)24/h2-9,15,24H,1H3,(H,18,22)(H,20,21). The van der Waals surface area contributed by atoms with Crippen molar-refractivity contribution in [3.05, 3.63) is 54.1 Å². The smallest absolute Gasteiger partial charge is 0.417 e. The molecule has 0 aromatic heterocycles. The average Bonchev–Trinajstić information content (AvgIpc) is 2.51. The van der Waals surface area contributed by atoms with E-state index in [1.165, 1.54) is 31.2 Å². The molecule has 2 rings (SSSR count). The van der Waals surface area contributed by atoms with E-state index in [2.05, 4.69) is 17.9 Å². The van der Waals surface area contributed by atoms with Crippen molar-refractivity contribution in [2.45, 2.75) is 17.7 Å². The summed E-state index contributed by atoms with van der Waals surface area (Å²) in [6, 6.07) is 12.7. The van der Waals surface area contributed by atoms with Crippen LogP contribution in [0.25, 0.3) is 0 Å². The molecule has 0 aliphatic carbocycles. The van der Waals surface area contributed by atoms with Gasteiger partial charge in [-0.05, 0) is 36.8 Å². The maximum atomic E-state index is 11.9. The summed E-state index contributed by atoms with van der Waals surface area (Å²) >= 11 is 4.18. The monoisotopic (exact) mass is 345 g/mol. The topological polar surface area (TPSA) is 92.7 Å². The highest BCUT2D eigenvalue weighted by Gasteiger charge is 2.24. The summed E-state index contributed by atoms with van der Waals surface area (Å²) in [6.07, 6.45) is -0.703. The van der Waals surface area contributed by atoms with Gasteiger partial charge in [-0.15, -0.1) is 12.6 Å². The van der Waals surface area contributed by atoms with Crippen LogP contribution in [0.5, 0.6) is 5.75 Å². The minimum absolute atomic E-state index is 0.317. The van der Waals surface area contributed by atoms with E-state index in [-0.39, 0.29) is 0 Å². The first kappa shape index (κ1) is 17.6. The first-order valence-corrected chi connectivity index (χ1v) is 7.43. The van der Waals surface area contributed by atoms with E-state index >= 15 is 0 Å². The molecular formula is C17H15NO5S. The largest absolute Gasteiger partial charge is 0.480 e. The van der Waals surface area contributed by atoms with Crippen LogP contribution in [-0.4, -0.2) is 23.0 Å². The lowest BCUT2D eigenvalue weighted by atomic mass is 9.95. The molecule has 2 N–H and O–H groups in total. The van der Waals surface area contributed by atoms with Crippen LogP contribution in [0.15, 0.2) is 53.4 Å². The van der Waals surface area contributed by atoms with Gasteiger partial charge in [0.05, 0.1) is 0 Å². The van der Waals surface area contributed by atoms with Gasteiger partial charge in [-0.25, -0.2) is 4.79 Å². The normalized spacial score (nSPS) is 11.4. The Balaban J connectivity index is 2.06. The zero-order valence-electron chi connectivity index (χ0n) is 12.7. The van der Waals surface area contributed by atoms with E-state index in [9.17, 15) is 14.4 Å². The molecule has 0 aliphatic rings. The molecule has 7 heteroatoms. The number of aliphatic carboxylic acids is 1. The third-order valence-electron chi connectivity index (χ3n) is 3.21. The molecule has 0 saturated heterocycles. The molecule has 24 heavy (non-hydrogen) atoms. The number of carboxylic acids is 1. The molecular weight excluding hydrogens is 330 g/mol. The van der Waals surface area contributed by atoms with Gasteiger partial charge >= 0.3 is 12.1 Å². The molecule has 124 valence electrons. The Kier molecular flexibility index (Phi) is 5.59. The Morgan fingerprint density at radius 1 is 1.08 bits per heavy atom. The number of ketones is 1. The SMILES string of the molecule is CC(=O)C(C(=O)O)c1ccc(NC(=O)Oc2ccccc2S)cc1. The van der Waals surface area contributed by atoms with E-state index in [1.54, 1.807) is 24.3 Å². The Labute approximate surface area is 143 Å². The van der Waals surface area contributed by atoms with Crippen molar-refractivity contribution in [1.29, 1.82) is 0 Å². The van der Waals surface area contributed by atoms with Crippen molar-refractivity contribution < 1.29 is 24.2 Å². The molecule has 0 bridgehead atoms. The molecule has 2 aromatic rings. The number of benzene rings is 2. The summed E-state index contributed by atoms with van der Waals surface area (Å²) in [6.45, 7) is 1.22. The quantitative estimate of drug-likeness (QED) is 0.571. The molecule has 0 fully saturated rings. The van der Waals surface area contributed by atoms with Gasteiger partial charge < -0.3 is 9.84 Å². The van der Waals surface area contributed by atoms with Crippen LogP contribution >= 0.6 is 12.6 Å². The number of carbonyl (C=O) groups is 3. The van der Waals surface area contributed by atoms with Gasteiger partial charge in [0.1, 0.15) is 17.5 Å². The zero-order valence-corrected chi connectivity index (χ0v) is 13.6. The molecule has 0 spiro atoms. The molecule has 0 aliphatic heterocycles. The number of carbonyl (C=O) groups excluding carboxylic acids is 2. The third-order valence-corrected chi connectivity index (χ3v) is 3.58. The van der Waals surface area contributed by atoms with Crippen molar-refractivity contribution in [2.24, 2.45) is 0 Å². The van der Waals surface area contributed by atoms with E-state index in [0.717, 1.165) is 0 Å². The van der Waals surface area contributed by atoms with E-state index in [1.807, 2.05) is 0 Å². The number of hydrogen-bond acceptors (Lipinski definition) is 5. The first-order valence-electron chi connectivity index (χ1n) is 6.98. The van der Waals surface area contributed by atoms with Gasteiger partial charge in [0.25, 0.3) is 0 Å². The Hall–Kier alpha value is -2.80. The molecule has 6 nitrogen and oxygen atoms in total. The van der Waals surface area contributed by atoms with Crippen LogP contribution in [0.4, 0.5) is 10.5 Å². The number of ether oxygens (including phenoxy) is 1. The third kappa shape index (κ3) is 4.36. The lowest BCUT2D eigenvalue weighted by Gasteiger charge is -2.11. The summed E-state index contributed by atoms with van der Waals surface area (Å²) in [5.74, 6) is -2.58. The number of para-hydroxylation sites is 1. The predicted octanol–water partition coefficient (Wildman–Crippen LogP) is 3.34. The van der Waals surface area contributed by atoms with Crippen LogP contribution in [-0.2, 0) is 9.59 Å². The molecule has 2 aromatic carbocycles. The lowest BCUT2D eigenvalue weighted by molar-refractivity contribution is -0.142. The number of rotatable bonds is 5. The van der Waals surface area contributed by atoms with Gasteiger partial charge in [-0.1, -0.05) is 24.3 Å². The molecule has 0 heterocycles. The van der Waals surface area contributed by atoms with E-state index in [4.69, 9.17) is 9.84 Å². The molecule has 1 unspecified atom stereocenters. The number of Topliss-reactive ketones (excluding diaryl/α,β-unsaturated/α-hetero) is 1. The van der Waals surface area contributed by atoms with Crippen LogP contribution in [0, 0.1) is 0 Å². The summed E-state index contributed by atoms with van der Waals surface area (Å²) in [5, 5.41) is 11.6. The van der Waals surface area contributed by atoms with Crippen molar-refractivity contribution in [1.82, 2.24) is 0 Å². The van der Waals surface area contributed by atoms with Gasteiger partial charge in [0.2, 0.25) is 0 Å². The van der Waals surface area contributed by atoms with Crippen molar-refractivity contribution in [3.8, 4) is 5.75 Å². The second kappa shape index (κ2) is 7.65. The highest BCUT2D eigenvalue weighted by atomic mass is 32.1. The number of hydrogen-bond donors (Lipinski definition) is 3. The first-order chi connectivity index (χ1) is 11.4. The minimum Gasteiger partial charge on any atom is -0.480 e. The van der Waals surface area contributed by atoms with Crippen molar-refractivity contribution in [2.75, 3.05) is 5.32 Å². The van der Waals surface area contributed by atoms with Crippen LogP contribution in [0.1, 0.15) is 18.4 Å². The maximum Gasteiger partial charge on any atom is 0.417 e. The van der Waals surface area contributed by atoms with Crippen molar-refractivity contribution in [3.63, 3.8) is 0 Å². The fourth-order valence-corrected chi connectivity index (χ4v) is 2.30. The Morgan fingerprint density at radius 2 is 1.71 bits per heavy atom. The number of carboxylic acid groups (broad SMARTS) is 1. The fraction of sp³-hybridized carbons (Fsp3) is 0.118. The minimum atomic E-state index is -1.22. The van der Waals surface area contributed by atoms with Crippen LogP contribution in [0.2, 0.25) is 0 Å². The van der Waals surface area contributed by atoms with Gasteiger partial charge in [-0.3, -0.25) is 14.9 Å². The van der Waals surface area contributed by atoms with Crippen molar-refractivity contribution >= 4 is 36.2 Å².